The number of nitro groups is 2. The molecule has 1 amide bonds. The second-order valence-electron chi connectivity index (χ2n) is 4.86. The van der Waals surface area contributed by atoms with Gasteiger partial charge in [0.25, 0.3) is 17.3 Å². The standard InChI is InChI=1S/C15H10F2N4O6/c16-15(17)27-13-5-4-12(21(25)26)7-10(13)8-18-19-14(22)9-2-1-3-11(6-9)20(23)24/h1-8,15H,(H,19,22). The van der Waals surface area contributed by atoms with Gasteiger partial charge in [-0.15, -0.1) is 0 Å². The summed E-state index contributed by atoms with van der Waals surface area (Å²) < 4.78 is 29.0. The number of nitro benzene ring substituents is 2. The van der Waals surface area contributed by atoms with E-state index in [1.165, 1.54) is 18.2 Å². The highest BCUT2D eigenvalue weighted by molar-refractivity contribution is 5.95. The Morgan fingerprint density at radius 2 is 1.78 bits per heavy atom. The van der Waals surface area contributed by atoms with Gasteiger partial charge in [0.15, 0.2) is 0 Å². The molecule has 0 atom stereocenters. The van der Waals surface area contributed by atoms with Gasteiger partial charge in [-0.1, -0.05) is 6.07 Å². The lowest BCUT2D eigenvalue weighted by Gasteiger charge is -2.07. The number of rotatable bonds is 7. The van der Waals surface area contributed by atoms with E-state index < -0.39 is 28.1 Å². The van der Waals surface area contributed by atoms with Crippen LogP contribution in [0.4, 0.5) is 20.2 Å². The van der Waals surface area contributed by atoms with Gasteiger partial charge in [0.1, 0.15) is 5.75 Å². The Balaban J connectivity index is 2.20. The molecule has 140 valence electrons. The van der Waals surface area contributed by atoms with Crippen molar-refractivity contribution < 1.29 is 28.2 Å². The number of amides is 1. The monoisotopic (exact) mass is 380 g/mol. The van der Waals surface area contributed by atoms with Gasteiger partial charge in [-0.05, 0) is 12.1 Å². The van der Waals surface area contributed by atoms with Crippen LogP contribution in [0.3, 0.4) is 0 Å². The van der Waals surface area contributed by atoms with Gasteiger partial charge in [0.2, 0.25) is 0 Å². The molecule has 10 nitrogen and oxygen atoms in total. The first-order valence-electron chi connectivity index (χ1n) is 7.09. The van der Waals surface area contributed by atoms with E-state index in [1.54, 1.807) is 0 Å². The smallest absolute Gasteiger partial charge is 0.387 e. The van der Waals surface area contributed by atoms with Crippen LogP contribution in [0.1, 0.15) is 15.9 Å². The molecule has 0 radical (unpaired) electrons. The highest BCUT2D eigenvalue weighted by Crippen LogP contribution is 2.24. The topological polar surface area (TPSA) is 137 Å². The Labute approximate surface area is 149 Å². The average molecular weight is 380 g/mol. The maximum absolute atomic E-state index is 12.4. The summed E-state index contributed by atoms with van der Waals surface area (Å²) in [5, 5.41) is 25.0. The van der Waals surface area contributed by atoms with E-state index >= 15 is 0 Å². The number of hydrogen-bond donors (Lipinski definition) is 1. The molecule has 0 saturated heterocycles. The van der Waals surface area contributed by atoms with Gasteiger partial charge < -0.3 is 4.74 Å². The highest BCUT2D eigenvalue weighted by atomic mass is 19.3. The third-order valence-corrected chi connectivity index (χ3v) is 3.11. The molecule has 0 bridgehead atoms. The van der Waals surface area contributed by atoms with Crippen molar-refractivity contribution in [3.63, 3.8) is 0 Å². The molecule has 0 saturated carbocycles. The summed E-state index contributed by atoms with van der Waals surface area (Å²) in [4.78, 5) is 32.0. The van der Waals surface area contributed by atoms with Crippen molar-refractivity contribution in [2.24, 2.45) is 5.10 Å². The number of halogens is 2. The van der Waals surface area contributed by atoms with Crippen LogP contribution in [-0.2, 0) is 0 Å². The van der Waals surface area contributed by atoms with Crippen LogP contribution in [0, 0.1) is 20.2 Å². The predicted molar refractivity (Wildman–Crippen MR) is 87.9 cm³/mol. The van der Waals surface area contributed by atoms with Crippen molar-refractivity contribution in [2.75, 3.05) is 0 Å². The molecule has 0 unspecified atom stereocenters. The summed E-state index contributed by atoms with van der Waals surface area (Å²) in [6.45, 7) is -3.17. The first-order chi connectivity index (χ1) is 12.8. The number of hydrazone groups is 1. The maximum Gasteiger partial charge on any atom is 0.387 e. The van der Waals surface area contributed by atoms with Crippen molar-refractivity contribution >= 4 is 23.5 Å². The van der Waals surface area contributed by atoms with E-state index in [0.29, 0.717) is 0 Å². The third-order valence-electron chi connectivity index (χ3n) is 3.11. The molecular weight excluding hydrogens is 370 g/mol. The number of nitrogens with zero attached hydrogens (tertiary/aromatic N) is 3. The van der Waals surface area contributed by atoms with Crippen LogP contribution in [0.25, 0.3) is 0 Å². The van der Waals surface area contributed by atoms with Crippen molar-refractivity contribution in [1.29, 1.82) is 0 Å². The normalized spacial score (nSPS) is 10.8. The number of alkyl halides is 2. The average Bonchev–Trinajstić information content (AvgIpc) is 2.62. The number of ether oxygens (including phenoxy) is 1. The van der Waals surface area contributed by atoms with Gasteiger partial charge in [-0.25, -0.2) is 5.43 Å². The van der Waals surface area contributed by atoms with Crippen LogP contribution < -0.4 is 10.2 Å². The van der Waals surface area contributed by atoms with E-state index in [4.69, 9.17) is 0 Å². The molecule has 0 aliphatic rings. The van der Waals surface area contributed by atoms with Gasteiger partial charge >= 0.3 is 6.61 Å². The fourth-order valence-corrected chi connectivity index (χ4v) is 1.94. The maximum atomic E-state index is 12.4. The molecule has 0 aromatic heterocycles. The first-order valence-corrected chi connectivity index (χ1v) is 7.09. The summed E-state index contributed by atoms with van der Waals surface area (Å²) in [6.07, 6.45) is 0.875. The largest absolute Gasteiger partial charge is 0.434 e. The number of nitrogens with one attached hydrogen (secondary N) is 1. The summed E-state index contributed by atoms with van der Waals surface area (Å²) in [7, 11) is 0. The zero-order chi connectivity index (χ0) is 20.0. The third kappa shape index (κ3) is 5.26. The van der Waals surface area contributed by atoms with Gasteiger partial charge in [0, 0.05) is 35.4 Å². The van der Waals surface area contributed by atoms with Crippen molar-refractivity contribution in [3.05, 3.63) is 73.8 Å². The minimum Gasteiger partial charge on any atom is -0.434 e. The van der Waals surface area contributed by atoms with E-state index in [9.17, 15) is 33.8 Å². The number of benzene rings is 2. The molecule has 0 aliphatic carbocycles. The van der Waals surface area contributed by atoms with E-state index in [0.717, 1.165) is 30.5 Å². The molecule has 0 heterocycles. The fourth-order valence-electron chi connectivity index (χ4n) is 1.94. The quantitative estimate of drug-likeness (QED) is 0.445. The molecule has 0 spiro atoms. The Hall–Kier alpha value is -3.96. The van der Waals surface area contributed by atoms with Crippen LogP contribution in [0.5, 0.6) is 5.75 Å². The van der Waals surface area contributed by atoms with Crippen LogP contribution in [0.2, 0.25) is 0 Å². The Morgan fingerprint density at radius 1 is 1.11 bits per heavy atom. The molecule has 1 N–H and O–H groups in total. The lowest BCUT2D eigenvalue weighted by molar-refractivity contribution is -0.385. The predicted octanol–water partition coefficient (Wildman–Crippen LogP) is 2.87. The van der Waals surface area contributed by atoms with Gasteiger partial charge in [-0.2, -0.15) is 13.9 Å². The fraction of sp³-hybridized carbons (Fsp3) is 0.0667. The Morgan fingerprint density at radius 3 is 2.41 bits per heavy atom. The van der Waals surface area contributed by atoms with Crippen LogP contribution >= 0.6 is 0 Å². The Bertz CT molecular complexity index is 919. The van der Waals surface area contributed by atoms with Gasteiger partial charge in [0.05, 0.1) is 16.1 Å². The summed E-state index contributed by atoms with van der Waals surface area (Å²) in [5.74, 6) is -1.19. The molecule has 0 fully saturated rings. The molecule has 0 aliphatic heterocycles. The number of hydrogen-bond acceptors (Lipinski definition) is 7. The zero-order valence-electron chi connectivity index (χ0n) is 13.2. The minimum absolute atomic E-state index is 0.0653. The molecule has 12 heteroatoms. The van der Waals surface area contributed by atoms with E-state index in [1.807, 2.05) is 5.43 Å². The minimum atomic E-state index is -3.17. The molecule has 2 aromatic carbocycles. The molecule has 27 heavy (non-hydrogen) atoms. The summed E-state index contributed by atoms with van der Waals surface area (Å²) in [6, 6.07) is 7.68. The SMILES string of the molecule is O=C(NN=Cc1cc([N+](=O)[O-])ccc1OC(F)F)c1cccc([N+](=O)[O-])c1. The van der Waals surface area contributed by atoms with Gasteiger partial charge in [-0.3, -0.25) is 25.0 Å². The molecule has 2 rings (SSSR count). The number of carbonyl (C=O) groups excluding carboxylic acids is 1. The van der Waals surface area contributed by atoms with Crippen molar-refractivity contribution in [1.82, 2.24) is 5.43 Å². The van der Waals surface area contributed by atoms with Crippen LogP contribution in [-0.4, -0.2) is 28.6 Å². The number of carbonyl (C=O) groups is 1. The summed E-state index contributed by atoms with van der Waals surface area (Å²) >= 11 is 0. The van der Waals surface area contributed by atoms with Crippen molar-refractivity contribution in [3.8, 4) is 5.75 Å². The van der Waals surface area contributed by atoms with Crippen molar-refractivity contribution in [2.45, 2.75) is 6.61 Å². The Kier molecular flexibility index (Phi) is 6.04. The molecular formula is C15H10F2N4O6. The van der Waals surface area contributed by atoms with E-state index in [-0.39, 0.29) is 22.6 Å². The highest BCUT2D eigenvalue weighted by Gasteiger charge is 2.14. The van der Waals surface area contributed by atoms with Crippen LogP contribution in [0.15, 0.2) is 47.6 Å². The number of non-ortho nitro benzene ring substituents is 2. The lowest BCUT2D eigenvalue weighted by Crippen LogP contribution is -2.17. The zero-order valence-corrected chi connectivity index (χ0v) is 13.2. The second-order valence-corrected chi connectivity index (χ2v) is 4.86. The summed E-state index contributed by atoms with van der Waals surface area (Å²) in [5.41, 5.74) is 1.09. The van der Waals surface area contributed by atoms with E-state index in [2.05, 4.69) is 9.84 Å². The second kappa shape index (κ2) is 8.42. The molecule has 2 aromatic rings. The first kappa shape index (κ1) is 19.4. The lowest BCUT2D eigenvalue weighted by atomic mass is 10.2.